The third-order valence-electron chi connectivity index (χ3n) is 2.32. The quantitative estimate of drug-likeness (QED) is 0.747. The van der Waals surface area contributed by atoms with Gasteiger partial charge in [0.15, 0.2) is 5.65 Å². The molecule has 80 valence electrons. The van der Waals surface area contributed by atoms with Crippen LogP contribution in [0.2, 0.25) is 0 Å². The molecule has 3 aromatic rings. The van der Waals surface area contributed by atoms with Gasteiger partial charge in [-0.05, 0) is 33.4 Å². The number of nitrogens with zero attached hydrogens (tertiary/aromatic N) is 2. The molecule has 0 radical (unpaired) electrons. The molecular weight excluding hydrogens is 286 g/mol. The lowest BCUT2D eigenvalue weighted by atomic mass is 10.4. The molecule has 5 heteroatoms. The van der Waals surface area contributed by atoms with Gasteiger partial charge in [0, 0.05) is 16.9 Å². The average Bonchev–Trinajstić information content (AvgIpc) is 2.82. The van der Waals surface area contributed by atoms with Crippen LogP contribution in [0.4, 0.5) is 5.69 Å². The van der Waals surface area contributed by atoms with Crippen molar-refractivity contribution >= 4 is 38.6 Å². The molecule has 3 nitrogen and oxygen atoms in total. The van der Waals surface area contributed by atoms with E-state index in [4.69, 9.17) is 5.73 Å². The summed E-state index contributed by atoms with van der Waals surface area (Å²) < 4.78 is 2.89. The summed E-state index contributed by atoms with van der Waals surface area (Å²) in [6, 6.07) is 5.93. The Morgan fingerprint density at radius 1 is 1.38 bits per heavy atom. The number of hydrogen-bond donors (Lipinski definition) is 1. The van der Waals surface area contributed by atoms with Crippen molar-refractivity contribution in [2.75, 3.05) is 5.73 Å². The van der Waals surface area contributed by atoms with Gasteiger partial charge in [0.1, 0.15) is 0 Å². The summed E-state index contributed by atoms with van der Waals surface area (Å²) in [6.07, 6.45) is 3.94. The van der Waals surface area contributed by atoms with Crippen LogP contribution in [0.15, 0.2) is 40.4 Å². The van der Waals surface area contributed by atoms with Crippen molar-refractivity contribution in [2.24, 2.45) is 0 Å². The van der Waals surface area contributed by atoms with Crippen molar-refractivity contribution in [1.82, 2.24) is 9.38 Å². The monoisotopic (exact) mass is 293 g/mol. The van der Waals surface area contributed by atoms with Gasteiger partial charge in [0.05, 0.1) is 16.3 Å². The van der Waals surface area contributed by atoms with Crippen LogP contribution in [0.1, 0.15) is 0 Å². The Morgan fingerprint density at radius 3 is 3.00 bits per heavy atom. The van der Waals surface area contributed by atoms with Gasteiger partial charge >= 0.3 is 0 Å². The summed E-state index contributed by atoms with van der Waals surface area (Å²) in [5.41, 5.74) is 8.35. The molecule has 0 amide bonds. The average molecular weight is 294 g/mol. The summed E-state index contributed by atoms with van der Waals surface area (Å²) in [5.74, 6) is 0. The standard InChI is InChI=1S/C11H8BrN3S/c12-7-4-8(13)11-14-9(6-15(11)5-7)10-2-1-3-16-10/h1-6H,13H2. The topological polar surface area (TPSA) is 43.3 Å². The summed E-state index contributed by atoms with van der Waals surface area (Å²) in [7, 11) is 0. The molecule has 0 atom stereocenters. The maximum Gasteiger partial charge on any atom is 0.160 e. The summed E-state index contributed by atoms with van der Waals surface area (Å²) in [6.45, 7) is 0. The second-order valence-electron chi connectivity index (χ2n) is 3.45. The highest BCUT2D eigenvalue weighted by atomic mass is 79.9. The summed E-state index contributed by atoms with van der Waals surface area (Å²) >= 11 is 5.09. The number of hydrogen-bond acceptors (Lipinski definition) is 3. The Kier molecular flexibility index (Phi) is 2.22. The van der Waals surface area contributed by atoms with Gasteiger partial charge in [0.2, 0.25) is 0 Å². The van der Waals surface area contributed by atoms with Crippen LogP contribution in [0, 0.1) is 0 Å². The van der Waals surface area contributed by atoms with E-state index in [1.807, 2.05) is 34.3 Å². The maximum atomic E-state index is 5.91. The number of nitrogens with two attached hydrogens (primary N) is 1. The van der Waals surface area contributed by atoms with Crippen LogP contribution in [-0.2, 0) is 0 Å². The molecule has 0 bridgehead atoms. The van der Waals surface area contributed by atoms with Crippen LogP contribution in [0.5, 0.6) is 0 Å². The van der Waals surface area contributed by atoms with E-state index in [0.717, 1.165) is 20.7 Å². The molecule has 0 fully saturated rings. The van der Waals surface area contributed by atoms with E-state index in [-0.39, 0.29) is 0 Å². The molecule has 0 spiro atoms. The Hall–Kier alpha value is -1.33. The molecule has 0 aliphatic rings. The van der Waals surface area contributed by atoms with Gasteiger partial charge in [-0.25, -0.2) is 4.98 Å². The molecule has 0 saturated carbocycles. The van der Waals surface area contributed by atoms with Crippen LogP contribution < -0.4 is 5.73 Å². The van der Waals surface area contributed by atoms with Crippen molar-refractivity contribution in [3.8, 4) is 10.6 Å². The smallest absolute Gasteiger partial charge is 0.160 e. The van der Waals surface area contributed by atoms with Crippen molar-refractivity contribution < 1.29 is 0 Å². The lowest BCUT2D eigenvalue weighted by molar-refractivity contribution is 1.18. The van der Waals surface area contributed by atoms with Crippen molar-refractivity contribution in [3.05, 3.63) is 40.4 Å². The Balaban J connectivity index is 2.27. The number of thiophene rings is 1. The van der Waals surface area contributed by atoms with Crippen LogP contribution in [-0.4, -0.2) is 9.38 Å². The van der Waals surface area contributed by atoms with Crippen LogP contribution in [0.3, 0.4) is 0 Å². The first kappa shape index (κ1) is 9.86. The molecule has 0 aliphatic carbocycles. The first-order chi connectivity index (χ1) is 7.74. The van der Waals surface area contributed by atoms with Crippen LogP contribution >= 0.6 is 27.3 Å². The zero-order valence-electron chi connectivity index (χ0n) is 8.22. The summed E-state index contributed by atoms with van der Waals surface area (Å²) in [4.78, 5) is 5.68. The number of rotatable bonds is 1. The zero-order chi connectivity index (χ0) is 11.1. The van der Waals surface area contributed by atoms with E-state index in [2.05, 4.69) is 27.0 Å². The molecule has 16 heavy (non-hydrogen) atoms. The van der Waals surface area contributed by atoms with Gasteiger partial charge in [-0.2, -0.15) is 0 Å². The minimum Gasteiger partial charge on any atom is -0.396 e. The molecular formula is C11H8BrN3S. The maximum absolute atomic E-state index is 5.91. The summed E-state index contributed by atoms with van der Waals surface area (Å²) in [5, 5.41) is 2.04. The second-order valence-corrected chi connectivity index (χ2v) is 5.31. The van der Waals surface area contributed by atoms with Gasteiger partial charge in [-0.3, -0.25) is 0 Å². The third kappa shape index (κ3) is 1.52. The fourth-order valence-electron chi connectivity index (χ4n) is 1.63. The Bertz CT molecular complexity index is 643. The number of nitrogen functional groups attached to an aromatic ring is 1. The van der Waals surface area contributed by atoms with E-state index in [0.29, 0.717) is 5.69 Å². The Labute approximate surface area is 105 Å². The number of halogens is 1. The second kappa shape index (κ2) is 3.61. The third-order valence-corrected chi connectivity index (χ3v) is 3.65. The molecule has 0 aliphatic heterocycles. The zero-order valence-corrected chi connectivity index (χ0v) is 10.6. The van der Waals surface area contributed by atoms with E-state index in [1.54, 1.807) is 11.3 Å². The lowest BCUT2D eigenvalue weighted by Gasteiger charge is -1.97. The van der Waals surface area contributed by atoms with Crippen molar-refractivity contribution in [3.63, 3.8) is 0 Å². The molecule has 0 aromatic carbocycles. The van der Waals surface area contributed by atoms with E-state index in [1.165, 1.54) is 0 Å². The largest absolute Gasteiger partial charge is 0.396 e. The minimum absolute atomic E-state index is 0.678. The minimum atomic E-state index is 0.678. The van der Waals surface area contributed by atoms with E-state index < -0.39 is 0 Å². The van der Waals surface area contributed by atoms with Gasteiger partial charge in [-0.1, -0.05) is 6.07 Å². The van der Waals surface area contributed by atoms with Gasteiger partial charge in [0.25, 0.3) is 0 Å². The molecule has 3 rings (SSSR count). The number of aromatic nitrogens is 2. The highest BCUT2D eigenvalue weighted by molar-refractivity contribution is 9.10. The lowest BCUT2D eigenvalue weighted by Crippen LogP contribution is -1.91. The SMILES string of the molecule is Nc1cc(Br)cn2cc(-c3cccs3)nc12. The number of fused-ring (bicyclic) bond motifs is 1. The van der Waals surface area contributed by atoms with Crippen LogP contribution in [0.25, 0.3) is 16.2 Å². The normalized spacial score (nSPS) is 11.1. The number of imidazole rings is 1. The van der Waals surface area contributed by atoms with Gasteiger partial charge < -0.3 is 10.1 Å². The Morgan fingerprint density at radius 2 is 2.25 bits per heavy atom. The predicted molar refractivity (Wildman–Crippen MR) is 70.6 cm³/mol. The van der Waals surface area contributed by atoms with Gasteiger partial charge in [-0.15, -0.1) is 11.3 Å². The van der Waals surface area contributed by atoms with E-state index >= 15 is 0 Å². The first-order valence-electron chi connectivity index (χ1n) is 4.71. The highest BCUT2D eigenvalue weighted by Gasteiger charge is 2.07. The number of anilines is 1. The highest BCUT2D eigenvalue weighted by Crippen LogP contribution is 2.27. The fraction of sp³-hybridized carbons (Fsp3) is 0. The molecule has 2 N–H and O–H groups in total. The van der Waals surface area contributed by atoms with E-state index in [9.17, 15) is 0 Å². The molecule has 0 saturated heterocycles. The number of pyridine rings is 1. The van der Waals surface area contributed by atoms with Crippen molar-refractivity contribution in [1.29, 1.82) is 0 Å². The predicted octanol–water partition coefficient (Wildman–Crippen LogP) is 3.41. The molecule has 3 heterocycles. The first-order valence-corrected chi connectivity index (χ1v) is 6.39. The molecule has 0 unspecified atom stereocenters. The van der Waals surface area contributed by atoms with Crippen molar-refractivity contribution in [2.45, 2.75) is 0 Å². The molecule has 3 aromatic heterocycles. The fourth-order valence-corrected chi connectivity index (χ4v) is 2.78.